The zero-order valence-electron chi connectivity index (χ0n) is 21.8. The van der Waals surface area contributed by atoms with E-state index in [1.807, 2.05) is 19.9 Å². The molecule has 0 saturated carbocycles. The van der Waals surface area contributed by atoms with Crippen LogP contribution in [-0.2, 0) is 35.1 Å². The topological polar surface area (TPSA) is 152 Å². The van der Waals surface area contributed by atoms with Crippen molar-refractivity contribution in [3.63, 3.8) is 0 Å². The fraction of sp³-hybridized carbons (Fsp3) is 0.560. The molecule has 0 fully saturated rings. The lowest BCUT2D eigenvalue weighted by atomic mass is 10.0. The monoisotopic (exact) mass is 506 g/mol. The summed E-state index contributed by atoms with van der Waals surface area (Å²) in [6.45, 7) is 8.13. The standard InChI is InChI=1S/C25H38N4O7/c1-16(2)12-18(22(32)26-15-21(31)35-6)29-23(33)19(13-17-10-8-7-9-11-17)28-20(30)14-27-24(34)36-25(3,4)5/h7-11,16,18-19H,12-15H2,1-6H3,(H,26,32)(H,27,34)(H,28,30)(H,29,33)/t18-,19-/m0/s1. The molecule has 0 aromatic heterocycles. The highest BCUT2D eigenvalue weighted by molar-refractivity contribution is 5.93. The van der Waals surface area contributed by atoms with Crippen LogP contribution >= 0.6 is 0 Å². The van der Waals surface area contributed by atoms with Gasteiger partial charge in [0.25, 0.3) is 0 Å². The van der Waals surface area contributed by atoms with Crippen LogP contribution in [0, 0.1) is 5.92 Å². The molecule has 1 aromatic rings. The van der Waals surface area contributed by atoms with Crippen molar-refractivity contribution >= 4 is 29.8 Å². The van der Waals surface area contributed by atoms with Gasteiger partial charge in [0.1, 0.15) is 30.8 Å². The number of hydrogen-bond acceptors (Lipinski definition) is 7. The van der Waals surface area contributed by atoms with Gasteiger partial charge in [0.15, 0.2) is 0 Å². The zero-order valence-corrected chi connectivity index (χ0v) is 21.8. The summed E-state index contributed by atoms with van der Waals surface area (Å²) in [5.74, 6) is -2.29. The van der Waals surface area contributed by atoms with Gasteiger partial charge in [-0.15, -0.1) is 0 Å². The molecule has 0 aliphatic carbocycles. The van der Waals surface area contributed by atoms with Crippen molar-refractivity contribution in [3.8, 4) is 0 Å². The molecule has 0 spiro atoms. The summed E-state index contributed by atoms with van der Waals surface area (Å²) in [7, 11) is 1.20. The zero-order chi connectivity index (χ0) is 27.3. The highest BCUT2D eigenvalue weighted by Gasteiger charge is 2.28. The van der Waals surface area contributed by atoms with Crippen LogP contribution in [0.15, 0.2) is 30.3 Å². The molecule has 0 heterocycles. The second kappa shape index (κ2) is 14.7. The van der Waals surface area contributed by atoms with Gasteiger partial charge in [0, 0.05) is 6.42 Å². The maximum atomic E-state index is 13.2. The highest BCUT2D eigenvalue weighted by Crippen LogP contribution is 2.09. The third-order valence-electron chi connectivity index (χ3n) is 4.70. The lowest BCUT2D eigenvalue weighted by Crippen LogP contribution is -2.56. The number of alkyl carbamates (subject to hydrolysis) is 1. The van der Waals surface area contributed by atoms with Gasteiger partial charge in [-0.2, -0.15) is 0 Å². The van der Waals surface area contributed by atoms with E-state index >= 15 is 0 Å². The summed E-state index contributed by atoms with van der Waals surface area (Å²) >= 11 is 0. The Labute approximate surface area is 212 Å². The number of rotatable bonds is 12. The van der Waals surface area contributed by atoms with E-state index < -0.39 is 54.0 Å². The van der Waals surface area contributed by atoms with Gasteiger partial charge in [0.05, 0.1) is 7.11 Å². The first-order chi connectivity index (χ1) is 16.8. The summed E-state index contributed by atoms with van der Waals surface area (Å²) in [5, 5.41) is 10.1. The van der Waals surface area contributed by atoms with Crippen molar-refractivity contribution in [1.82, 2.24) is 21.3 Å². The highest BCUT2D eigenvalue weighted by atomic mass is 16.6. The smallest absolute Gasteiger partial charge is 0.408 e. The minimum atomic E-state index is -1.02. The quantitative estimate of drug-likeness (QED) is 0.309. The molecule has 2 atom stereocenters. The van der Waals surface area contributed by atoms with Gasteiger partial charge in [-0.05, 0) is 38.7 Å². The van der Waals surface area contributed by atoms with E-state index in [4.69, 9.17) is 4.74 Å². The Morgan fingerprint density at radius 2 is 1.50 bits per heavy atom. The van der Waals surface area contributed by atoms with Gasteiger partial charge in [-0.25, -0.2) is 4.79 Å². The van der Waals surface area contributed by atoms with Crippen LogP contribution in [0.2, 0.25) is 0 Å². The van der Waals surface area contributed by atoms with E-state index in [1.165, 1.54) is 7.11 Å². The number of ether oxygens (including phenoxy) is 2. The Morgan fingerprint density at radius 1 is 0.861 bits per heavy atom. The summed E-state index contributed by atoms with van der Waals surface area (Å²) in [4.78, 5) is 61.6. The van der Waals surface area contributed by atoms with E-state index in [2.05, 4.69) is 26.0 Å². The van der Waals surface area contributed by atoms with Crippen molar-refractivity contribution in [2.45, 2.75) is 65.1 Å². The molecule has 0 unspecified atom stereocenters. The molecular formula is C25H38N4O7. The Balaban J connectivity index is 2.93. The van der Waals surface area contributed by atoms with Crippen molar-refractivity contribution in [2.75, 3.05) is 20.2 Å². The normalized spacial score (nSPS) is 12.6. The number of hydrogen-bond donors (Lipinski definition) is 4. The third kappa shape index (κ3) is 12.7. The van der Waals surface area contributed by atoms with Crippen LogP contribution in [0.1, 0.15) is 46.6 Å². The average molecular weight is 507 g/mol. The molecule has 36 heavy (non-hydrogen) atoms. The van der Waals surface area contributed by atoms with Gasteiger partial charge in [-0.3, -0.25) is 19.2 Å². The van der Waals surface area contributed by atoms with E-state index in [0.29, 0.717) is 6.42 Å². The number of carbonyl (C=O) groups excluding carboxylic acids is 5. The van der Waals surface area contributed by atoms with Gasteiger partial charge in [0.2, 0.25) is 17.7 Å². The van der Waals surface area contributed by atoms with Crippen LogP contribution in [0.5, 0.6) is 0 Å². The summed E-state index contributed by atoms with van der Waals surface area (Å²) in [6.07, 6.45) is -0.297. The molecule has 1 rings (SSSR count). The predicted octanol–water partition coefficient (Wildman–Crippen LogP) is 1.06. The fourth-order valence-electron chi connectivity index (χ4n) is 3.10. The Kier molecular flexibility index (Phi) is 12.4. The average Bonchev–Trinajstić information content (AvgIpc) is 2.79. The lowest BCUT2D eigenvalue weighted by Gasteiger charge is -2.24. The second-order valence-corrected chi connectivity index (χ2v) is 9.65. The minimum absolute atomic E-state index is 0.0550. The molecule has 4 N–H and O–H groups in total. The largest absolute Gasteiger partial charge is 0.468 e. The molecular weight excluding hydrogens is 468 g/mol. The van der Waals surface area contributed by atoms with E-state index in [1.54, 1.807) is 45.0 Å². The van der Waals surface area contributed by atoms with Gasteiger partial charge in [-0.1, -0.05) is 44.2 Å². The van der Waals surface area contributed by atoms with Crippen molar-refractivity contribution in [3.05, 3.63) is 35.9 Å². The van der Waals surface area contributed by atoms with E-state index in [9.17, 15) is 24.0 Å². The summed E-state index contributed by atoms with van der Waals surface area (Å²) in [6, 6.07) is 7.09. The first kappa shape index (κ1) is 30.4. The van der Waals surface area contributed by atoms with E-state index in [0.717, 1.165) is 5.56 Å². The molecule has 0 radical (unpaired) electrons. The van der Waals surface area contributed by atoms with E-state index in [-0.39, 0.29) is 18.9 Å². The molecule has 0 aliphatic rings. The van der Waals surface area contributed by atoms with Crippen molar-refractivity contribution in [2.24, 2.45) is 5.92 Å². The lowest BCUT2D eigenvalue weighted by molar-refractivity contribution is -0.141. The number of amides is 4. The number of esters is 1. The second-order valence-electron chi connectivity index (χ2n) is 9.65. The number of benzene rings is 1. The van der Waals surface area contributed by atoms with Crippen LogP contribution < -0.4 is 21.3 Å². The van der Waals surface area contributed by atoms with Crippen molar-refractivity contribution in [1.29, 1.82) is 0 Å². The van der Waals surface area contributed by atoms with Crippen LogP contribution in [-0.4, -0.2) is 67.7 Å². The molecule has 11 heteroatoms. The number of carbonyl (C=O) groups is 5. The van der Waals surface area contributed by atoms with Gasteiger partial charge >= 0.3 is 12.1 Å². The van der Waals surface area contributed by atoms with Crippen LogP contribution in [0.4, 0.5) is 4.79 Å². The first-order valence-corrected chi connectivity index (χ1v) is 11.8. The molecule has 0 saturated heterocycles. The van der Waals surface area contributed by atoms with Crippen LogP contribution in [0.3, 0.4) is 0 Å². The maximum Gasteiger partial charge on any atom is 0.408 e. The predicted molar refractivity (Wildman–Crippen MR) is 133 cm³/mol. The SMILES string of the molecule is COC(=O)CNC(=O)[C@H](CC(C)C)NC(=O)[C@H](Cc1ccccc1)NC(=O)CNC(=O)OC(C)(C)C. The van der Waals surface area contributed by atoms with Crippen LogP contribution in [0.25, 0.3) is 0 Å². The first-order valence-electron chi connectivity index (χ1n) is 11.8. The summed E-state index contributed by atoms with van der Waals surface area (Å²) < 4.78 is 9.64. The molecule has 200 valence electrons. The molecule has 0 aliphatic heterocycles. The third-order valence-corrected chi connectivity index (χ3v) is 4.70. The molecule has 1 aromatic carbocycles. The summed E-state index contributed by atoms with van der Waals surface area (Å²) in [5.41, 5.74) is 0.0597. The Morgan fingerprint density at radius 3 is 2.06 bits per heavy atom. The molecule has 0 bridgehead atoms. The van der Waals surface area contributed by atoms with Gasteiger partial charge < -0.3 is 30.7 Å². The minimum Gasteiger partial charge on any atom is -0.468 e. The van der Waals surface area contributed by atoms with Crippen molar-refractivity contribution < 1.29 is 33.4 Å². The molecule has 4 amide bonds. The Bertz CT molecular complexity index is 897. The number of nitrogens with one attached hydrogen (secondary N) is 4. The molecule has 11 nitrogen and oxygen atoms in total. The maximum absolute atomic E-state index is 13.2. The Hall–Kier alpha value is -3.63. The number of methoxy groups -OCH3 is 1. The fourth-order valence-corrected chi connectivity index (χ4v) is 3.10.